The zero-order valence-corrected chi connectivity index (χ0v) is 33.0. The van der Waals surface area contributed by atoms with Crippen molar-refractivity contribution in [3.63, 3.8) is 0 Å². The number of nitrogens with zero attached hydrogens (tertiary/aromatic N) is 4. The van der Waals surface area contributed by atoms with Crippen molar-refractivity contribution in [1.82, 2.24) is 14.8 Å². The Kier molecular flexibility index (Phi) is 13.8. The van der Waals surface area contributed by atoms with Crippen LogP contribution in [-0.2, 0) is 27.5 Å². The fourth-order valence-electron chi connectivity index (χ4n) is 8.19. The van der Waals surface area contributed by atoms with Gasteiger partial charge in [0, 0.05) is 55.2 Å². The predicted molar refractivity (Wildman–Crippen MR) is 215 cm³/mol. The lowest BCUT2D eigenvalue weighted by molar-refractivity contribution is -0.144. The van der Waals surface area contributed by atoms with Gasteiger partial charge in [0.05, 0.1) is 16.6 Å². The third kappa shape index (κ3) is 9.79. The Morgan fingerprint density at radius 2 is 1.80 bits per heavy atom. The molecule has 2 fully saturated rings. The summed E-state index contributed by atoms with van der Waals surface area (Å²) < 4.78 is 19.9. The molecule has 0 spiro atoms. The Morgan fingerprint density at radius 1 is 1.04 bits per heavy atom. The summed E-state index contributed by atoms with van der Waals surface area (Å²) in [6.45, 7) is 7.46. The van der Waals surface area contributed by atoms with Crippen molar-refractivity contribution in [1.29, 1.82) is 5.26 Å². The molecule has 3 unspecified atom stereocenters. The number of carbonyl (C=O) groups is 2. The number of aliphatic carboxylic acids is 1. The number of aryl methyl sites for hydroxylation is 1. The van der Waals surface area contributed by atoms with Gasteiger partial charge in [0.2, 0.25) is 5.91 Å². The number of hydrogen-bond acceptors (Lipinski definition) is 9. The van der Waals surface area contributed by atoms with Crippen molar-refractivity contribution in [2.75, 3.05) is 32.8 Å². The minimum atomic E-state index is -0.869. The third-order valence-electron chi connectivity index (χ3n) is 11.4. The Bertz CT molecular complexity index is 1980. The lowest BCUT2D eigenvalue weighted by atomic mass is 9.76. The number of nitrogens with two attached hydrogens (primary N) is 1. The van der Waals surface area contributed by atoms with Crippen LogP contribution in [0.3, 0.4) is 0 Å². The number of piperidine rings is 2. The van der Waals surface area contributed by atoms with Crippen LogP contribution in [0.4, 0.5) is 0 Å². The van der Waals surface area contributed by atoms with E-state index in [1.165, 1.54) is 6.20 Å². The number of carbonyl (C=O) groups excluding carboxylic acids is 1. The van der Waals surface area contributed by atoms with Gasteiger partial charge in [-0.25, -0.2) is 0 Å². The van der Waals surface area contributed by atoms with Gasteiger partial charge in [0.15, 0.2) is 0 Å². The monoisotopic (exact) mass is 781 g/mol. The second-order valence-electron chi connectivity index (χ2n) is 15.1. The molecule has 0 bridgehead atoms. The van der Waals surface area contributed by atoms with E-state index >= 15 is 0 Å². The quantitative estimate of drug-likeness (QED) is 0.144. The van der Waals surface area contributed by atoms with E-state index in [0.29, 0.717) is 66.7 Å². The molecule has 1 aliphatic carbocycles. The van der Waals surface area contributed by atoms with Gasteiger partial charge in [0.1, 0.15) is 42.4 Å². The highest BCUT2D eigenvalue weighted by atomic mass is 35.5. The van der Waals surface area contributed by atoms with Crippen LogP contribution in [0.5, 0.6) is 11.5 Å². The van der Waals surface area contributed by atoms with Crippen molar-refractivity contribution < 1.29 is 28.9 Å². The summed E-state index contributed by atoms with van der Waals surface area (Å²) in [5.41, 5.74) is 10.2. The molecule has 2 aliphatic heterocycles. The number of nitriles is 1. The average molecular weight is 782 g/mol. The SMILES string of the molecule is Cc1ccccc1C1=CC=CC(COc2cc(OCc3cncc(C#N)c3)c(CN3CCCC[C@H]3C(=O)O)cc2Cl)(OCCCN2CCCCC2C(N)=O)C1C. The molecule has 3 N–H and O–H groups in total. The molecule has 296 valence electrons. The molecule has 6 rings (SSSR count). The highest BCUT2D eigenvalue weighted by Crippen LogP contribution is 2.42. The van der Waals surface area contributed by atoms with E-state index in [0.717, 1.165) is 60.9 Å². The molecule has 2 saturated heterocycles. The van der Waals surface area contributed by atoms with Gasteiger partial charge < -0.3 is 25.1 Å². The van der Waals surface area contributed by atoms with Gasteiger partial charge in [-0.2, -0.15) is 5.26 Å². The number of allylic oxidation sites excluding steroid dienone is 2. The second kappa shape index (κ2) is 18.9. The van der Waals surface area contributed by atoms with E-state index in [1.54, 1.807) is 24.4 Å². The second-order valence-corrected chi connectivity index (χ2v) is 15.5. The number of halogens is 1. The predicted octanol–water partition coefficient (Wildman–Crippen LogP) is 7.09. The van der Waals surface area contributed by atoms with E-state index in [1.807, 2.05) is 23.1 Å². The fourth-order valence-corrected chi connectivity index (χ4v) is 8.43. The zero-order valence-electron chi connectivity index (χ0n) is 32.3. The van der Waals surface area contributed by atoms with Crippen LogP contribution in [-0.4, -0.2) is 82.3 Å². The minimum Gasteiger partial charge on any atom is -0.489 e. The summed E-state index contributed by atoms with van der Waals surface area (Å²) >= 11 is 7.00. The van der Waals surface area contributed by atoms with Crippen molar-refractivity contribution in [2.45, 2.75) is 89.6 Å². The Hall–Kier alpha value is -4.73. The van der Waals surface area contributed by atoms with Gasteiger partial charge in [-0.3, -0.25) is 24.4 Å². The Balaban J connectivity index is 1.26. The first-order valence-electron chi connectivity index (χ1n) is 19.6. The number of primary amides is 1. The summed E-state index contributed by atoms with van der Waals surface area (Å²) in [7, 11) is 0. The molecule has 12 heteroatoms. The standard InChI is InChI=1S/C44H52ClN5O6/c1-30-11-3-4-12-35(30)36-13-9-16-44(31(36)2,56-20-10-19-49-17-7-5-14-38(49)42(47)51)29-55-41-23-40(54-28-33-21-32(24-46)25-48-26-33)34(22-37(41)45)27-50-18-8-6-15-39(50)43(52)53/h3-4,9,11-13,16,21-23,25-26,31,38-39H,5-8,10,14-15,17-20,27-29H2,1-2H3,(H2,47,51)(H,52,53)/t31?,38?,39-,44?/m0/s1. The first-order valence-corrected chi connectivity index (χ1v) is 20.0. The number of pyridine rings is 1. The van der Waals surface area contributed by atoms with Crippen LogP contribution >= 0.6 is 11.6 Å². The highest BCUT2D eigenvalue weighted by molar-refractivity contribution is 6.32. The molecule has 3 aliphatic rings. The van der Waals surface area contributed by atoms with Gasteiger partial charge in [-0.15, -0.1) is 0 Å². The van der Waals surface area contributed by atoms with Crippen molar-refractivity contribution in [3.05, 3.63) is 106 Å². The Morgan fingerprint density at radius 3 is 2.55 bits per heavy atom. The number of ether oxygens (including phenoxy) is 3. The molecule has 4 atom stereocenters. The fraction of sp³-hybridized carbons (Fsp3) is 0.455. The molecule has 2 aromatic carbocycles. The van der Waals surface area contributed by atoms with Crippen LogP contribution in [0.25, 0.3) is 5.57 Å². The topological polar surface area (TPSA) is 151 Å². The molecule has 0 radical (unpaired) electrons. The summed E-state index contributed by atoms with van der Waals surface area (Å²) in [5, 5.41) is 19.8. The molecule has 0 saturated carbocycles. The number of benzene rings is 2. The first-order chi connectivity index (χ1) is 27.1. The minimum absolute atomic E-state index is 0.109. The highest BCUT2D eigenvalue weighted by Gasteiger charge is 2.41. The molecule has 1 amide bonds. The Labute approximate surface area is 334 Å². The van der Waals surface area contributed by atoms with Crippen molar-refractivity contribution >= 4 is 29.1 Å². The molecular weight excluding hydrogens is 730 g/mol. The smallest absolute Gasteiger partial charge is 0.320 e. The van der Waals surface area contributed by atoms with Crippen LogP contribution < -0.4 is 15.2 Å². The average Bonchev–Trinajstić information content (AvgIpc) is 3.20. The first kappa shape index (κ1) is 40.9. The molecule has 3 heterocycles. The van der Waals surface area contributed by atoms with Crippen molar-refractivity contribution in [3.8, 4) is 17.6 Å². The largest absolute Gasteiger partial charge is 0.489 e. The summed E-state index contributed by atoms with van der Waals surface area (Å²) in [5.74, 6) is -0.336. The molecule has 3 aromatic rings. The lowest BCUT2D eigenvalue weighted by Crippen LogP contribution is -2.48. The normalized spacial score (nSPS) is 22.9. The maximum atomic E-state index is 12.2. The third-order valence-corrected chi connectivity index (χ3v) is 11.7. The number of carboxylic acid groups (broad SMARTS) is 1. The molecule has 56 heavy (non-hydrogen) atoms. The number of hydrogen-bond donors (Lipinski definition) is 2. The molecule has 11 nitrogen and oxygen atoms in total. The maximum absolute atomic E-state index is 12.2. The van der Waals surface area contributed by atoms with Gasteiger partial charge in [0.25, 0.3) is 0 Å². The van der Waals surface area contributed by atoms with Gasteiger partial charge in [-0.05, 0) is 87.0 Å². The number of amides is 1. The molecular formula is C44H52ClN5O6. The zero-order chi connectivity index (χ0) is 39.7. The number of likely N-dealkylation sites (tertiary alicyclic amines) is 2. The summed E-state index contributed by atoms with van der Waals surface area (Å²) in [6, 6.07) is 14.9. The number of carboxylic acids is 1. The molecule has 1 aromatic heterocycles. The van der Waals surface area contributed by atoms with Gasteiger partial charge >= 0.3 is 5.97 Å². The summed E-state index contributed by atoms with van der Waals surface area (Å²) in [6.07, 6.45) is 15.2. The number of aromatic nitrogens is 1. The van der Waals surface area contributed by atoms with E-state index in [2.05, 4.69) is 54.1 Å². The summed E-state index contributed by atoms with van der Waals surface area (Å²) in [4.78, 5) is 32.6. The van der Waals surface area contributed by atoms with Crippen LogP contribution in [0, 0.1) is 24.2 Å². The van der Waals surface area contributed by atoms with E-state index in [-0.39, 0.29) is 31.1 Å². The number of rotatable bonds is 16. The van der Waals surface area contributed by atoms with Crippen LogP contribution in [0.15, 0.2) is 73.1 Å². The van der Waals surface area contributed by atoms with E-state index < -0.39 is 17.6 Å². The maximum Gasteiger partial charge on any atom is 0.320 e. The van der Waals surface area contributed by atoms with E-state index in [4.69, 9.17) is 31.5 Å². The van der Waals surface area contributed by atoms with Crippen molar-refractivity contribution in [2.24, 2.45) is 11.7 Å². The van der Waals surface area contributed by atoms with Crippen LogP contribution in [0.2, 0.25) is 5.02 Å². The lowest BCUT2D eigenvalue weighted by Gasteiger charge is -2.40. The van der Waals surface area contributed by atoms with E-state index in [9.17, 15) is 20.0 Å². The van der Waals surface area contributed by atoms with Crippen LogP contribution in [0.1, 0.15) is 79.7 Å². The van der Waals surface area contributed by atoms with Gasteiger partial charge in [-0.1, -0.05) is 67.8 Å².